The molecule has 1 aromatic carbocycles. The van der Waals surface area contributed by atoms with Gasteiger partial charge in [-0.3, -0.25) is 19.2 Å². The number of piperidine rings is 1. The highest BCUT2D eigenvalue weighted by molar-refractivity contribution is 6.31. The van der Waals surface area contributed by atoms with E-state index in [1.54, 1.807) is 17.9 Å². The molecule has 0 unspecified atom stereocenters. The van der Waals surface area contributed by atoms with Crippen molar-refractivity contribution in [3.05, 3.63) is 64.3 Å². The zero-order valence-electron chi connectivity index (χ0n) is 21.1. The molecule has 6 rings (SSSR count). The van der Waals surface area contributed by atoms with Crippen LogP contribution in [0, 0.1) is 12.8 Å². The molecule has 3 aromatic rings. The highest BCUT2D eigenvalue weighted by atomic mass is 35.5. The number of hydrogen-bond donors (Lipinski definition) is 1. The first kappa shape index (κ1) is 24.2. The molecule has 9 nitrogen and oxygen atoms in total. The van der Waals surface area contributed by atoms with Gasteiger partial charge in [-0.05, 0) is 75.4 Å². The minimum Gasteiger partial charge on any atom is -0.351 e. The van der Waals surface area contributed by atoms with Crippen LogP contribution in [0.1, 0.15) is 53.1 Å². The molecule has 4 heterocycles. The van der Waals surface area contributed by atoms with Gasteiger partial charge >= 0.3 is 0 Å². The Morgan fingerprint density at radius 2 is 2.03 bits per heavy atom. The van der Waals surface area contributed by atoms with Crippen molar-refractivity contribution in [2.45, 2.75) is 57.2 Å². The molecule has 1 saturated carbocycles. The molecule has 10 heteroatoms. The summed E-state index contributed by atoms with van der Waals surface area (Å²) >= 11 is 6.29. The van der Waals surface area contributed by atoms with Crippen LogP contribution < -0.4 is 10.2 Å². The quantitative estimate of drug-likeness (QED) is 0.532. The van der Waals surface area contributed by atoms with Crippen LogP contribution in [0.4, 0.5) is 5.69 Å². The normalized spacial score (nSPS) is 22.8. The predicted molar refractivity (Wildman–Crippen MR) is 138 cm³/mol. The molecule has 0 atom stereocenters. The Morgan fingerprint density at radius 3 is 2.76 bits per heavy atom. The number of rotatable bonds is 6. The smallest absolute Gasteiger partial charge is 0.290 e. The zero-order chi connectivity index (χ0) is 25.7. The van der Waals surface area contributed by atoms with E-state index in [1.807, 2.05) is 36.1 Å². The molecule has 1 saturated heterocycles. The maximum absolute atomic E-state index is 13.2. The lowest BCUT2D eigenvalue weighted by atomic mass is 9.73. The van der Waals surface area contributed by atoms with Gasteiger partial charge in [-0.25, -0.2) is 0 Å². The molecular weight excluding hydrogens is 492 g/mol. The molecule has 2 aromatic heterocycles. The van der Waals surface area contributed by atoms with E-state index in [-0.39, 0.29) is 23.6 Å². The molecule has 0 bridgehead atoms. The number of amides is 2. The third kappa shape index (κ3) is 4.44. The first-order valence-corrected chi connectivity index (χ1v) is 13.2. The third-order valence-corrected chi connectivity index (χ3v) is 8.46. The standard InChI is InChI=1S/C27H31ClN6O3/c1-17-9-24(37-31-17)25(35)30-21-10-18(11-21)15-34-16-19(13-29-34)14-33-7-5-27(6-8-33)22-12-20(28)3-4-23(22)32(2)26(27)36/h3-4,9,12-13,16,18,21H,5-8,10-11,14-15H2,1-2H3,(H,30,35). The summed E-state index contributed by atoms with van der Waals surface area (Å²) in [6.07, 6.45) is 7.50. The molecule has 1 spiro atoms. The van der Waals surface area contributed by atoms with Gasteiger partial charge in [-0.2, -0.15) is 5.10 Å². The Kier molecular flexibility index (Phi) is 6.07. The van der Waals surface area contributed by atoms with Crippen molar-refractivity contribution in [2.24, 2.45) is 5.92 Å². The summed E-state index contributed by atoms with van der Waals surface area (Å²) in [4.78, 5) is 29.6. The number of likely N-dealkylation sites (tertiary alicyclic amines) is 1. The molecule has 1 N–H and O–H groups in total. The first-order chi connectivity index (χ1) is 17.8. The number of hydrogen-bond acceptors (Lipinski definition) is 6. The maximum Gasteiger partial charge on any atom is 0.290 e. The summed E-state index contributed by atoms with van der Waals surface area (Å²) in [6.45, 7) is 5.17. The molecule has 2 fully saturated rings. The second-order valence-corrected chi connectivity index (χ2v) is 11.2. The average molecular weight is 523 g/mol. The number of fused-ring (bicyclic) bond motifs is 2. The lowest BCUT2D eigenvalue weighted by molar-refractivity contribution is -0.124. The van der Waals surface area contributed by atoms with Gasteiger partial charge in [0.1, 0.15) is 0 Å². The van der Waals surface area contributed by atoms with Crippen molar-refractivity contribution < 1.29 is 14.1 Å². The first-order valence-electron chi connectivity index (χ1n) is 12.9. The van der Waals surface area contributed by atoms with Crippen molar-refractivity contribution in [2.75, 3.05) is 25.0 Å². The molecule has 1 aliphatic carbocycles. The van der Waals surface area contributed by atoms with Crippen LogP contribution in [0.15, 0.2) is 41.2 Å². The Bertz CT molecular complexity index is 1340. The fourth-order valence-corrected chi connectivity index (χ4v) is 6.32. The summed E-state index contributed by atoms with van der Waals surface area (Å²) in [5.74, 6) is 0.731. The maximum atomic E-state index is 13.2. The minimum atomic E-state index is -0.460. The number of anilines is 1. The van der Waals surface area contributed by atoms with Crippen LogP contribution in [-0.2, 0) is 23.3 Å². The number of aryl methyl sites for hydroxylation is 1. The van der Waals surface area contributed by atoms with Crippen molar-refractivity contribution in [1.82, 2.24) is 25.2 Å². The van der Waals surface area contributed by atoms with Crippen LogP contribution >= 0.6 is 11.6 Å². The van der Waals surface area contributed by atoms with E-state index in [4.69, 9.17) is 16.1 Å². The summed E-state index contributed by atoms with van der Waals surface area (Å²) < 4.78 is 7.05. The number of nitrogens with zero attached hydrogens (tertiary/aromatic N) is 5. The molecule has 2 amide bonds. The van der Waals surface area contributed by atoms with E-state index in [2.05, 4.69) is 26.7 Å². The van der Waals surface area contributed by atoms with Crippen LogP contribution in [0.5, 0.6) is 0 Å². The fraction of sp³-hybridized carbons (Fsp3) is 0.481. The molecule has 2 aliphatic heterocycles. The Balaban J connectivity index is 0.992. The van der Waals surface area contributed by atoms with Crippen LogP contribution in [0.2, 0.25) is 5.02 Å². The van der Waals surface area contributed by atoms with Gasteiger partial charge < -0.3 is 14.7 Å². The van der Waals surface area contributed by atoms with E-state index in [0.717, 1.165) is 63.1 Å². The summed E-state index contributed by atoms with van der Waals surface area (Å²) in [5.41, 5.74) is 3.48. The van der Waals surface area contributed by atoms with Gasteiger partial charge in [0.25, 0.3) is 5.91 Å². The van der Waals surface area contributed by atoms with Gasteiger partial charge in [0, 0.05) is 54.7 Å². The summed E-state index contributed by atoms with van der Waals surface area (Å²) in [7, 11) is 1.86. The van der Waals surface area contributed by atoms with Crippen LogP contribution in [-0.4, -0.2) is 57.8 Å². The Hall–Kier alpha value is -3.17. The largest absolute Gasteiger partial charge is 0.351 e. The van der Waals surface area contributed by atoms with Gasteiger partial charge in [0.15, 0.2) is 0 Å². The number of nitrogens with one attached hydrogen (secondary N) is 1. The van der Waals surface area contributed by atoms with E-state index in [9.17, 15) is 9.59 Å². The third-order valence-electron chi connectivity index (χ3n) is 8.22. The lowest BCUT2D eigenvalue weighted by Crippen LogP contribution is -2.47. The van der Waals surface area contributed by atoms with E-state index in [0.29, 0.717) is 16.6 Å². The second kappa shape index (κ2) is 9.29. The monoisotopic (exact) mass is 522 g/mol. The number of benzene rings is 1. The number of carbonyl (C=O) groups is 2. The Morgan fingerprint density at radius 1 is 1.24 bits per heavy atom. The van der Waals surface area contributed by atoms with E-state index >= 15 is 0 Å². The van der Waals surface area contributed by atoms with Gasteiger partial charge in [0.05, 0.1) is 17.3 Å². The van der Waals surface area contributed by atoms with Gasteiger partial charge in [0.2, 0.25) is 11.7 Å². The second-order valence-electron chi connectivity index (χ2n) is 10.8. The van der Waals surface area contributed by atoms with Gasteiger partial charge in [-0.1, -0.05) is 16.8 Å². The van der Waals surface area contributed by atoms with Crippen molar-refractivity contribution in [1.29, 1.82) is 0 Å². The van der Waals surface area contributed by atoms with E-state index in [1.165, 1.54) is 5.56 Å². The summed E-state index contributed by atoms with van der Waals surface area (Å²) in [5, 5.41) is 12.0. The predicted octanol–water partition coefficient (Wildman–Crippen LogP) is 3.55. The zero-order valence-corrected chi connectivity index (χ0v) is 21.9. The molecule has 0 radical (unpaired) electrons. The SMILES string of the molecule is Cc1cc(C(=O)NC2CC(Cn3cc(CN4CCC5(CC4)C(=O)N(C)c4ccc(Cl)cc45)cn3)C2)on1. The Labute approximate surface area is 220 Å². The topological polar surface area (TPSA) is 96.5 Å². The number of aromatic nitrogens is 3. The van der Waals surface area contributed by atoms with Crippen molar-refractivity contribution in [3.63, 3.8) is 0 Å². The van der Waals surface area contributed by atoms with E-state index < -0.39 is 5.41 Å². The van der Waals surface area contributed by atoms with Crippen molar-refractivity contribution in [3.8, 4) is 0 Å². The van der Waals surface area contributed by atoms with Gasteiger partial charge in [-0.15, -0.1) is 0 Å². The van der Waals surface area contributed by atoms with Crippen molar-refractivity contribution >= 4 is 29.1 Å². The van der Waals surface area contributed by atoms with Crippen LogP contribution in [0.3, 0.4) is 0 Å². The average Bonchev–Trinajstić information content (AvgIpc) is 3.54. The highest BCUT2D eigenvalue weighted by Crippen LogP contribution is 2.48. The molecule has 37 heavy (non-hydrogen) atoms. The number of halogens is 1. The summed E-state index contributed by atoms with van der Waals surface area (Å²) in [6, 6.07) is 7.60. The number of carbonyl (C=O) groups excluding carboxylic acids is 2. The fourth-order valence-electron chi connectivity index (χ4n) is 6.15. The number of likely N-dealkylation sites (N-methyl/N-ethyl adjacent to an activating group) is 1. The lowest BCUT2D eigenvalue weighted by Gasteiger charge is -2.38. The van der Waals surface area contributed by atoms with Crippen LogP contribution in [0.25, 0.3) is 0 Å². The molecular formula is C27H31ClN6O3. The minimum absolute atomic E-state index is 0.163. The molecule has 3 aliphatic rings. The highest BCUT2D eigenvalue weighted by Gasteiger charge is 2.51. The molecule has 194 valence electrons.